The standard InChI is InChI=1S/C21H21N3O2S/c1-15-8-9-18(12-16(15)2)24-11-10-22-20(21(24)26)27-14-19(25)23-13-17-6-4-3-5-7-17/h3-12H,13-14H2,1-2H3,(H,23,25). The minimum Gasteiger partial charge on any atom is -0.351 e. The predicted octanol–water partition coefficient (Wildman–Crippen LogP) is 3.26. The summed E-state index contributed by atoms with van der Waals surface area (Å²) in [5, 5.41) is 3.16. The number of aryl methyl sites for hydroxylation is 2. The zero-order valence-corrected chi connectivity index (χ0v) is 16.1. The molecular formula is C21H21N3O2S. The molecule has 0 fully saturated rings. The van der Waals surface area contributed by atoms with E-state index in [9.17, 15) is 9.59 Å². The van der Waals surface area contributed by atoms with Gasteiger partial charge < -0.3 is 5.32 Å². The van der Waals surface area contributed by atoms with Crippen LogP contribution in [0.5, 0.6) is 0 Å². The Hall–Kier alpha value is -2.86. The van der Waals surface area contributed by atoms with E-state index in [1.807, 2.05) is 62.4 Å². The maximum Gasteiger partial charge on any atom is 0.287 e. The van der Waals surface area contributed by atoms with E-state index >= 15 is 0 Å². The third kappa shape index (κ3) is 4.86. The fourth-order valence-corrected chi connectivity index (χ4v) is 3.28. The van der Waals surface area contributed by atoms with Gasteiger partial charge in [-0.25, -0.2) is 4.98 Å². The topological polar surface area (TPSA) is 64.0 Å². The second-order valence-electron chi connectivity index (χ2n) is 6.23. The second kappa shape index (κ2) is 8.68. The Morgan fingerprint density at radius 1 is 1.11 bits per heavy atom. The predicted molar refractivity (Wildman–Crippen MR) is 108 cm³/mol. The molecule has 1 amide bonds. The van der Waals surface area contributed by atoms with E-state index in [4.69, 9.17) is 0 Å². The van der Waals surface area contributed by atoms with Gasteiger partial charge in [0.05, 0.1) is 5.75 Å². The van der Waals surface area contributed by atoms with E-state index in [1.54, 1.807) is 17.0 Å². The van der Waals surface area contributed by atoms with Crippen molar-refractivity contribution < 1.29 is 4.79 Å². The molecule has 0 radical (unpaired) electrons. The van der Waals surface area contributed by atoms with Gasteiger partial charge in [0.25, 0.3) is 5.56 Å². The van der Waals surface area contributed by atoms with Crippen LogP contribution in [0.4, 0.5) is 0 Å². The van der Waals surface area contributed by atoms with E-state index in [2.05, 4.69) is 10.3 Å². The lowest BCUT2D eigenvalue weighted by Crippen LogP contribution is -2.26. The molecule has 27 heavy (non-hydrogen) atoms. The van der Waals surface area contributed by atoms with Crippen LogP contribution < -0.4 is 10.9 Å². The van der Waals surface area contributed by atoms with Gasteiger partial charge in [0.15, 0.2) is 5.03 Å². The molecule has 138 valence electrons. The molecule has 0 spiro atoms. The molecule has 1 aromatic heterocycles. The van der Waals surface area contributed by atoms with Crippen LogP contribution in [0, 0.1) is 13.8 Å². The first kappa shape index (κ1) is 18.9. The van der Waals surface area contributed by atoms with E-state index in [1.165, 1.54) is 5.56 Å². The number of thioether (sulfide) groups is 1. The first-order valence-electron chi connectivity index (χ1n) is 8.63. The summed E-state index contributed by atoms with van der Waals surface area (Å²) in [5.41, 5.74) is 3.89. The maximum atomic E-state index is 12.7. The number of carbonyl (C=O) groups excluding carboxylic acids is 1. The number of carbonyl (C=O) groups is 1. The van der Waals surface area contributed by atoms with Gasteiger partial charge in [-0.2, -0.15) is 0 Å². The monoisotopic (exact) mass is 379 g/mol. The van der Waals surface area contributed by atoms with Gasteiger partial charge in [0.2, 0.25) is 5.91 Å². The van der Waals surface area contributed by atoms with Crippen molar-refractivity contribution in [2.24, 2.45) is 0 Å². The summed E-state index contributed by atoms with van der Waals surface area (Å²) in [6.07, 6.45) is 3.23. The van der Waals surface area contributed by atoms with Crippen LogP contribution >= 0.6 is 11.8 Å². The van der Waals surface area contributed by atoms with Gasteiger partial charge in [0.1, 0.15) is 0 Å². The maximum absolute atomic E-state index is 12.7. The molecule has 2 aromatic carbocycles. The molecule has 0 aliphatic rings. The smallest absolute Gasteiger partial charge is 0.287 e. The van der Waals surface area contributed by atoms with Crippen molar-refractivity contribution in [3.8, 4) is 5.69 Å². The van der Waals surface area contributed by atoms with Crippen molar-refractivity contribution in [3.05, 3.63) is 88.0 Å². The van der Waals surface area contributed by atoms with Crippen LogP contribution in [-0.2, 0) is 11.3 Å². The molecule has 3 aromatic rings. The number of nitrogens with one attached hydrogen (secondary N) is 1. The van der Waals surface area contributed by atoms with E-state index < -0.39 is 0 Å². The Balaban J connectivity index is 1.66. The zero-order valence-electron chi connectivity index (χ0n) is 15.3. The summed E-state index contributed by atoms with van der Waals surface area (Å²) in [7, 11) is 0. The molecule has 0 aliphatic heterocycles. The SMILES string of the molecule is Cc1ccc(-n2ccnc(SCC(=O)NCc3ccccc3)c2=O)cc1C. The van der Waals surface area contributed by atoms with Crippen LogP contribution in [0.1, 0.15) is 16.7 Å². The molecule has 1 N–H and O–H groups in total. The van der Waals surface area contributed by atoms with E-state index in [-0.39, 0.29) is 17.2 Å². The summed E-state index contributed by atoms with van der Waals surface area (Å²) >= 11 is 1.15. The van der Waals surface area contributed by atoms with Gasteiger partial charge in [-0.1, -0.05) is 48.2 Å². The summed E-state index contributed by atoms with van der Waals surface area (Å²) in [4.78, 5) is 28.9. The van der Waals surface area contributed by atoms with Gasteiger partial charge in [-0.05, 0) is 42.7 Å². The number of rotatable bonds is 6. The van der Waals surface area contributed by atoms with Gasteiger partial charge in [0, 0.05) is 24.6 Å². The average molecular weight is 379 g/mol. The highest BCUT2D eigenvalue weighted by Gasteiger charge is 2.10. The van der Waals surface area contributed by atoms with Gasteiger partial charge >= 0.3 is 0 Å². The van der Waals surface area contributed by atoms with Crippen molar-refractivity contribution in [1.82, 2.24) is 14.9 Å². The first-order chi connectivity index (χ1) is 13.0. The van der Waals surface area contributed by atoms with Crippen LogP contribution in [0.2, 0.25) is 0 Å². The summed E-state index contributed by atoms with van der Waals surface area (Å²) in [6, 6.07) is 15.6. The first-order valence-corrected chi connectivity index (χ1v) is 9.62. The van der Waals surface area contributed by atoms with Crippen molar-refractivity contribution in [1.29, 1.82) is 0 Å². The normalized spacial score (nSPS) is 10.6. The summed E-state index contributed by atoms with van der Waals surface area (Å²) in [5.74, 6) is 0.0121. The number of amides is 1. The lowest BCUT2D eigenvalue weighted by Gasteiger charge is -2.09. The largest absolute Gasteiger partial charge is 0.351 e. The third-order valence-corrected chi connectivity index (χ3v) is 5.21. The molecule has 0 saturated carbocycles. The Morgan fingerprint density at radius 2 is 1.89 bits per heavy atom. The fourth-order valence-electron chi connectivity index (χ4n) is 2.55. The third-order valence-electron chi connectivity index (χ3n) is 4.25. The summed E-state index contributed by atoms with van der Waals surface area (Å²) in [6.45, 7) is 4.51. The quantitative estimate of drug-likeness (QED) is 0.668. The molecule has 0 bridgehead atoms. The van der Waals surface area contributed by atoms with Crippen LogP contribution in [0.3, 0.4) is 0 Å². The number of hydrogen-bond acceptors (Lipinski definition) is 4. The molecule has 3 rings (SSSR count). The Labute approximate surface area is 162 Å². The highest BCUT2D eigenvalue weighted by Crippen LogP contribution is 2.15. The number of nitrogens with zero attached hydrogens (tertiary/aromatic N) is 2. The summed E-state index contributed by atoms with van der Waals surface area (Å²) < 4.78 is 1.56. The Bertz CT molecular complexity index is 1000. The fraction of sp³-hybridized carbons (Fsp3) is 0.190. The molecule has 0 atom stereocenters. The molecule has 0 saturated heterocycles. The van der Waals surface area contributed by atoms with Gasteiger partial charge in [-0.15, -0.1) is 0 Å². The van der Waals surface area contributed by atoms with Crippen LogP contribution in [0.15, 0.2) is 70.7 Å². The van der Waals surface area contributed by atoms with Crippen LogP contribution in [0.25, 0.3) is 5.69 Å². The van der Waals surface area contributed by atoms with Crippen molar-refractivity contribution >= 4 is 17.7 Å². The zero-order chi connectivity index (χ0) is 19.2. The molecule has 0 unspecified atom stereocenters. The van der Waals surface area contributed by atoms with Crippen molar-refractivity contribution in [3.63, 3.8) is 0 Å². The lowest BCUT2D eigenvalue weighted by atomic mass is 10.1. The van der Waals surface area contributed by atoms with Crippen LogP contribution in [-0.4, -0.2) is 21.2 Å². The molecule has 5 nitrogen and oxygen atoms in total. The van der Waals surface area contributed by atoms with E-state index in [0.717, 1.165) is 28.6 Å². The molecule has 6 heteroatoms. The Kier molecular flexibility index (Phi) is 6.08. The highest BCUT2D eigenvalue weighted by atomic mass is 32.2. The lowest BCUT2D eigenvalue weighted by molar-refractivity contribution is -0.118. The average Bonchev–Trinajstić information content (AvgIpc) is 2.68. The molecule has 1 heterocycles. The molecular weight excluding hydrogens is 358 g/mol. The van der Waals surface area contributed by atoms with Gasteiger partial charge in [-0.3, -0.25) is 14.2 Å². The number of benzene rings is 2. The van der Waals surface area contributed by atoms with Crippen molar-refractivity contribution in [2.45, 2.75) is 25.4 Å². The van der Waals surface area contributed by atoms with E-state index in [0.29, 0.717) is 11.6 Å². The second-order valence-corrected chi connectivity index (χ2v) is 7.19. The van der Waals surface area contributed by atoms with Crippen molar-refractivity contribution in [2.75, 3.05) is 5.75 Å². The highest BCUT2D eigenvalue weighted by molar-refractivity contribution is 7.99. The minimum atomic E-state index is -0.221. The molecule has 0 aliphatic carbocycles. The number of hydrogen-bond donors (Lipinski definition) is 1. The minimum absolute atomic E-state index is 0.133. The Morgan fingerprint density at radius 3 is 2.63 bits per heavy atom. The number of aromatic nitrogens is 2.